The maximum absolute atomic E-state index is 13.6. The topological polar surface area (TPSA) is 58.6 Å². The second-order valence-corrected chi connectivity index (χ2v) is 9.73. The van der Waals surface area contributed by atoms with Crippen LogP contribution in [0.15, 0.2) is 78.9 Å². The number of hydrogen-bond donors (Lipinski definition) is 1. The Morgan fingerprint density at radius 2 is 1.59 bits per heavy atom. The molecule has 1 aliphatic rings. The van der Waals surface area contributed by atoms with Gasteiger partial charge >= 0.3 is 0 Å². The van der Waals surface area contributed by atoms with E-state index in [1.54, 1.807) is 4.90 Å². The molecule has 0 aromatic heterocycles. The summed E-state index contributed by atoms with van der Waals surface area (Å²) in [6.07, 6.45) is 0. The summed E-state index contributed by atoms with van der Waals surface area (Å²) in [5, 5.41) is 2.81. The summed E-state index contributed by atoms with van der Waals surface area (Å²) in [7, 11) is 0. The van der Waals surface area contributed by atoms with Gasteiger partial charge in [-0.2, -0.15) is 0 Å². The van der Waals surface area contributed by atoms with Gasteiger partial charge in [-0.15, -0.1) is 0 Å². The summed E-state index contributed by atoms with van der Waals surface area (Å²) in [6, 6.07) is 25.9. The Labute approximate surface area is 201 Å². The van der Waals surface area contributed by atoms with Gasteiger partial charge in [0.15, 0.2) is 5.72 Å². The van der Waals surface area contributed by atoms with Crippen LogP contribution in [0, 0.1) is 0 Å². The molecule has 5 heteroatoms. The number of carbonyl (C=O) groups is 2. The molecule has 0 saturated carbocycles. The third-order valence-corrected chi connectivity index (χ3v) is 6.29. The standard InChI is InChI=1S/C29H32N2O3/c1-21(32)30-18-19-31-27(33)25-12-8-9-13-26(25)29(31,24-10-6-5-7-11-24)34-20-22-14-16-23(17-15-22)28(2,3)4/h5-17H,18-20H2,1-4H3,(H,30,32)/t29-/m1/s1. The lowest BCUT2D eigenvalue weighted by Crippen LogP contribution is -2.49. The fourth-order valence-electron chi connectivity index (χ4n) is 4.50. The quantitative estimate of drug-likeness (QED) is 0.545. The van der Waals surface area contributed by atoms with Gasteiger partial charge in [0.1, 0.15) is 0 Å². The zero-order valence-corrected chi connectivity index (χ0v) is 20.3. The number of nitrogens with zero attached hydrogens (tertiary/aromatic N) is 1. The summed E-state index contributed by atoms with van der Waals surface area (Å²) in [4.78, 5) is 26.8. The molecule has 2 amide bonds. The molecule has 176 valence electrons. The number of carbonyl (C=O) groups excluding carboxylic acids is 2. The first kappa shape index (κ1) is 23.7. The molecule has 0 radical (unpaired) electrons. The number of amides is 2. The van der Waals surface area contributed by atoms with E-state index in [0.29, 0.717) is 25.3 Å². The van der Waals surface area contributed by atoms with Gasteiger partial charge in [0, 0.05) is 36.7 Å². The number of nitrogens with one attached hydrogen (secondary N) is 1. The summed E-state index contributed by atoms with van der Waals surface area (Å²) in [6.45, 7) is 9.04. The van der Waals surface area contributed by atoms with E-state index in [1.165, 1.54) is 12.5 Å². The summed E-state index contributed by atoms with van der Waals surface area (Å²) >= 11 is 0. The fraction of sp³-hybridized carbons (Fsp3) is 0.310. The van der Waals surface area contributed by atoms with Crippen molar-refractivity contribution in [3.05, 3.63) is 107 Å². The lowest BCUT2D eigenvalue weighted by molar-refractivity contribution is -0.122. The van der Waals surface area contributed by atoms with Crippen molar-refractivity contribution in [1.29, 1.82) is 0 Å². The highest BCUT2D eigenvalue weighted by Gasteiger charge is 2.51. The second kappa shape index (κ2) is 9.43. The van der Waals surface area contributed by atoms with Crippen molar-refractivity contribution in [2.45, 2.75) is 45.4 Å². The zero-order chi connectivity index (χ0) is 24.3. The highest BCUT2D eigenvalue weighted by atomic mass is 16.5. The summed E-state index contributed by atoms with van der Waals surface area (Å²) in [5.74, 6) is -0.234. The first-order chi connectivity index (χ1) is 16.2. The molecule has 3 aromatic rings. The molecule has 34 heavy (non-hydrogen) atoms. The van der Waals surface area contributed by atoms with Gasteiger partial charge in [0.2, 0.25) is 5.91 Å². The molecule has 4 rings (SSSR count). The van der Waals surface area contributed by atoms with Crippen LogP contribution in [0.3, 0.4) is 0 Å². The molecule has 0 unspecified atom stereocenters. The minimum Gasteiger partial charge on any atom is -0.355 e. The minimum absolute atomic E-state index is 0.0714. The van der Waals surface area contributed by atoms with Crippen molar-refractivity contribution in [1.82, 2.24) is 10.2 Å². The van der Waals surface area contributed by atoms with Crippen molar-refractivity contribution >= 4 is 11.8 Å². The van der Waals surface area contributed by atoms with E-state index in [-0.39, 0.29) is 17.2 Å². The summed E-state index contributed by atoms with van der Waals surface area (Å²) in [5.41, 5.74) is 3.59. The Morgan fingerprint density at radius 3 is 2.24 bits per heavy atom. The lowest BCUT2D eigenvalue weighted by atomic mass is 9.87. The molecular formula is C29H32N2O3. The Hall–Kier alpha value is -3.44. The van der Waals surface area contributed by atoms with Gasteiger partial charge in [0.05, 0.1) is 6.61 Å². The lowest BCUT2D eigenvalue weighted by Gasteiger charge is -2.39. The molecule has 1 N–H and O–H groups in total. The second-order valence-electron chi connectivity index (χ2n) is 9.73. The molecule has 1 heterocycles. The van der Waals surface area contributed by atoms with E-state index >= 15 is 0 Å². The monoisotopic (exact) mass is 456 g/mol. The Bertz CT molecular complexity index is 1170. The normalized spacial score (nSPS) is 17.5. The molecule has 0 spiro atoms. The van der Waals surface area contributed by atoms with E-state index in [1.807, 2.05) is 54.6 Å². The molecule has 0 fully saturated rings. The van der Waals surface area contributed by atoms with Gasteiger partial charge in [-0.25, -0.2) is 0 Å². The Balaban J connectivity index is 1.75. The zero-order valence-electron chi connectivity index (χ0n) is 20.3. The van der Waals surface area contributed by atoms with Crippen LogP contribution in [0.4, 0.5) is 0 Å². The highest BCUT2D eigenvalue weighted by Crippen LogP contribution is 2.45. The molecule has 5 nitrogen and oxygen atoms in total. The van der Waals surface area contributed by atoms with Crippen LogP contribution in [0.25, 0.3) is 0 Å². The predicted octanol–water partition coefficient (Wildman–Crippen LogP) is 4.99. The SMILES string of the molecule is CC(=O)NCCN1C(=O)c2ccccc2[C@]1(OCc1ccc(C(C)(C)C)cc1)c1ccccc1. The van der Waals surface area contributed by atoms with Crippen LogP contribution >= 0.6 is 0 Å². The van der Waals surface area contributed by atoms with E-state index in [0.717, 1.165) is 16.7 Å². The van der Waals surface area contributed by atoms with Crippen molar-refractivity contribution < 1.29 is 14.3 Å². The summed E-state index contributed by atoms with van der Waals surface area (Å²) < 4.78 is 6.75. The van der Waals surface area contributed by atoms with E-state index in [9.17, 15) is 9.59 Å². The van der Waals surface area contributed by atoms with Crippen LogP contribution in [0.5, 0.6) is 0 Å². The third kappa shape index (κ3) is 4.48. The molecule has 0 bridgehead atoms. The third-order valence-electron chi connectivity index (χ3n) is 6.29. The van der Waals surface area contributed by atoms with Gasteiger partial charge < -0.3 is 15.0 Å². The van der Waals surface area contributed by atoms with Crippen LogP contribution < -0.4 is 5.32 Å². The van der Waals surface area contributed by atoms with Gasteiger partial charge in [0.25, 0.3) is 5.91 Å². The van der Waals surface area contributed by atoms with E-state index in [2.05, 4.69) is 50.4 Å². The van der Waals surface area contributed by atoms with Crippen molar-refractivity contribution in [3.8, 4) is 0 Å². The first-order valence-electron chi connectivity index (χ1n) is 11.7. The molecular weight excluding hydrogens is 424 g/mol. The first-order valence-corrected chi connectivity index (χ1v) is 11.7. The van der Waals surface area contributed by atoms with Crippen LogP contribution in [-0.2, 0) is 27.3 Å². The molecule has 3 aromatic carbocycles. The van der Waals surface area contributed by atoms with E-state index < -0.39 is 5.72 Å². The van der Waals surface area contributed by atoms with Crippen molar-refractivity contribution in [2.24, 2.45) is 0 Å². The van der Waals surface area contributed by atoms with Gasteiger partial charge in [-0.1, -0.05) is 93.6 Å². The maximum Gasteiger partial charge on any atom is 0.257 e. The van der Waals surface area contributed by atoms with Gasteiger partial charge in [-0.3, -0.25) is 9.59 Å². The number of benzene rings is 3. The van der Waals surface area contributed by atoms with Crippen molar-refractivity contribution in [3.63, 3.8) is 0 Å². The minimum atomic E-state index is -1.09. The largest absolute Gasteiger partial charge is 0.355 e. The van der Waals surface area contributed by atoms with E-state index in [4.69, 9.17) is 4.74 Å². The number of rotatable bonds is 7. The highest BCUT2D eigenvalue weighted by molar-refractivity contribution is 6.00. The number of fused-ring (bicyclic) bond motifs is 1. The Kier molecular flexibility index (Phi) is 6.58. The predicted molar refractivity (Wildman–Crippen MR) is 133 cm³/mol. The average molecular weight is 457 g/mol. The molecule has 1 aliphatic heterocycles. The van der Waals surface area contributed by atoms with Crippen LogP contribution in [0.2, 0.25) is 0 Å². The number of ether oxygens (including phenoxy) is 1. The van der Waals surface area contributed by atoms with Crippen LogP contribution in [0.1, 0.15) is 60.3 Å². The average Bonchev–Trinajstić information content (AvgIpc) is 3.06. The van der Waals surface area contributed by atoms with Gasteiger partial charge in [-0.05, 0) is 22.6 Å². The molecule has 0 saturated heterocycles. The molecule has 0 aliphatic carbocycles. The molecule has 1 atom stereocenters. The fourth-order valence-corrected chi connectivity index (χ4v) is 4.50. The van der Waals surface area contributed by atoms with Crippen molar-refractivity contribution in [2.75, 3.05) is 13.1 Å². The maximum atomic E-state index is 13.6. The smallest absolute Gasteiger partial charge is 0.257 e. The number of hydrogen-bond acceptors (Lipinski definition) is 3. The van der Waals surface area contributed by atoms with Crippen LogP contribution in [-0.4, -0.2) is 29.8 Å². The Morgan fingerprint density at radius 1 is 0.941 bits per heavy atom.